The number of hydrogen-bond acceptors (Lipinski definition) is 4. The molecule has 0 atom stereocenters. The van der Waals surface area contributed by atoms with E-state index in [1.807, 2.05) is 0 Å². The summed E-state index contributed by atoms with van der Waals surface area (Å²) in [6.07, 6.45) is 0.498. The highest BCUT2D eigenvalue weighted by molar-refractivity contribution is 5.95. The Kier molecular flexibility index (Phi) is 4.76. The Morgan fingerprint density at radius 3 is 2.61 bits per heavy atom. The van der Waals surface area contributed by atoms with Crippen LogP contribution in [0.5, 0.6) is 0 Å². The molecule has 6 heteroatoms. The quantitative estimate of drug-likeness (QED) is 0.845. The van der Waals surface area contributed by atoms with Crippen molar-refractivity contribution in [2.45, 2.75) is 26.7 Å². The highest BCUT2D eigenvalue weighted by Gasteiger charge is 2.15. The van der Waals surface area contributed by atoms with E-state index in [0.717, 1.165) is 0 Å². The van der Waals surface area contributed by atoms with Crippen molar-refractivity contribution in [3.05, 3.63) is 23.0 Å². The molecule has 1 rings (SSSR count). The Labute approximate surface area is 106 Å². The Balaban J connectivity index is 2.68. The first-order valence-corrected chi connectivity index (χ1v) is 5.70. The van der Waals surface area contributed by atoms with Gasteiger partial charge in [-0.1, -0.05) is 0 Å². The van der Waals surface area contributed by atoms with Gasteiger partial charge in [0.15, 0.2) is 0 Å². The summed E-state index contributed by atoms with van der Waals surface area (Å²) in [5.41, 5.74) is 1.78. The van der Waals surface area contributed by atoms with Crippen LogP contribution in [0.25, 0.3) is 0 Å². The average molecular weight is 251 g/mol. The van der Waals surface area contributed by atoms with Crippen LogP contribution in [0.15, 0.2) is 6.07 Å². The molecule has 0 aliphatic heterocycles. The summed E-state index contributed by atoms with van der Waals surface area (Å²) in [7, 11) is 1.65. The average Bonchev–Trinajstić information content (AvgIpc) is 2.30. The third kappa shape index (κ3) is 3.80. The lowest BCUT2D eigenvalue weighted by atomic mass is 10.1. The van der Waals surface area contributed by atoms with Gasteiger partial charge in [-0.05, 0) is 26.3 Å². The third-order valence-electron chi connectivity index (χ3n) is 2.56. The zero-order valence-corrected chi connectivity index (χ0v) is 10.8. The SMILES string of the molecule is Cc1cc(C(=O)N(C)CCCC(=O)O)c(C)nn1. The van der Waals surface area contributed by atoms with Crippen LogP contribution in [0.3, 0.4) is 0 Å². The fourth-order valence-electron chi connectivity index (χ4n) is 1.54. The van der Waals surface area contributed by atoms with Gasteiger partial charge in [0.05, 0.1) is 17.0 Å². The van der Waals surface area contributed by atoms with E-state index in [9.17, 15) is 9.59 Å². The molecule has 1 aromatic heterocycles. The van der Waals surface area contributed by atoms with E-state index in [1.54, 1.807) is 27.0 Å². The van der Waals surface area contributed by atoms with Crippen molar-refractivity contribution in [3.8, 4) is 0 Å². The second-order valence-corrected chi connectivity index (χ2v) is 4.21. The fourth-order valence-corrected chi connectivity index (χ4v) is 1.54. The Morgan fingerprint density at radius 1 is 1.33 bits per heavy atom. The first-order chi connectivity index (χ1) is 8.41. The van der Waals surface area contributed by atoms with Crippen LogP contribution in [0.2, 0.25) is 0 Å². The zero-order valence-electron chi connectivity index (χ0n) is 10.8. The van der Waals surface area contributed by atoms with Crippen LogP contribution in [0.1, 0.15) is 34.6 Å². The van der Waals surface area contributed by atoms with Gasteiger partial charge >= 0.3 is 5.97 Å². The van der Waals surface area contributed by atoms with Crippen molar-refractivity contribution >= 4 is 11.9 Å². The number of hydrogen-bond donors (Lipinski definition) is 1. The summed E-state index contributed by atoms with van der Waals surface area (Å²) in [6.45, 7) is 3.91. The van der Waals surface area contributed by atoms with Gasteiger partial charge < -0.3 is 10.0 Å². The van der Waals surface area contributed by atoms with Gasteiger partial charge in [0.25, 0.3) is 5.91 Å². The molecule has 0 saturated carbocycles. The molecule has 0 aliphatic carbocycles. The minimum Gasteiger partial charge on any atom is -0.481 e. The maximum absolute atomic E-state index is 12.1. The Morgan fingerprint density at radius 2 is 2.00 bits per heavy atom. The van der Waals surface area contributed by atoms with Crippen molar-refractivity contribution in [1.82, 2.24) is 15.1 Å². The first kappa shape index (κ1) is 14.1. The van der Waals surface area contributed by atoms with Gasteiger partial charge in [0.2, 0.25) is 0 Å². The van der Waals surface area contributed by atoms with E-state index >= 15 is 0 Å². The van der Waals surface area contributed by atoms with Gasteiger partial charge in [-0.25, -0.2) is 0 Å². The van der Waals surface area contributed by atoms with E-state index in [1.165, 1.54) is 4.90 Å². The number of rotatable bonds is 5. The minimum absolute atomic E-state index is 0.0597. The Hall–Kier alpha value is -1.98. The first-order valence-electron chi connectivity index (χ1n) is 5.70. The van der Waals surface area contributed by atoms with E-state index < -0.39 is 5.97 Å². The van der Waals surface area contributed by atoms with E-state index in [4.69, 9.17) is 5.11 Å². The summed E-state index contributed by atoms with van der Waals surface area (Å²) in [5, 5.41) is 16.3. The lowest BCUT2D eigenvalue weighted by Crippen LogP contribution is -2.29. The number of carbonyl (C=O) groups excluding carboxylic acids is 1. The van der Waals surface area contributed by atoms with Crippen molar-refractivity contribution in [1.29, 1.82) is 0 Å². The highest BCUT2D eigenvalue weighted by atomic mass is 16.4. The predicted molar refractivity (Wildman–Crippen MR) is 65.3 cm³/mol. The number of amides is 1. The number of carboxylic acids is 1. The van der Waals surface area contributed by atoms with Crippen LogP contribution in [0.4, 0.5) is 0 Å². The fraction of sp³-hybridized carbons (Fsp3) is 0.500. The van der Waals surface area contributed by atoms with Crippen LogP contribution >= 0.6 is 0 Å². The second kappa shape index (κ2) is 6.09. The molecule has 0 radical (unpaired) electrons. The van der Waals surface area contributed by atoms with Crippen LogP contribution < -0.4 is 0 Å². The van der Waals surface area contributed by atoms with Crippen molar-refractivity contribution in [2.75, 3.05) is 13.6 Å². The molecule has 98 valence electrons. The molecule has 0 bridgehead atoms. The monoisotopic (exact) mass is 251 g/mol. The zero-order chi connectivity index (χ0) is 13.7. The molecule has 18 heavy (non-hydrogen) atoms. The largest absolute Gasteiger partial charge is 0.481 e. The molecule has 1 aromatic rings. The number of carboxylic acid groups (broad SMARTS) is 1. The molecule has 0 saturated heterocycles. The number of aliphatic carboxylic acids is 1. The summed E-state index contributed by atoms with van der Waals surface area (Å²) in [4.78, 5) is 24.0. The van der Waals surface area contributed by atoms with Crippen LogP contribution in [0, 0.1) is 13.8 Å². The van der Waals surface area contributed by atoms with E-state index in [-0.39, 0.29) is 12.3 Å². The normalized spacial score (nSPS) is 10.2. The third-order valence-corrected chi connectivity index (χ3v) is 2.56. The van der Waals surface area contributed by atoms with E-state index in [2.05, 4.69) is 10.2 Å². The lowest BCUT2D eigenvalue weighted by Gasteiger charge is -2.17. The number of aromatic nitrogens is 2. The molecule has 0 unspecified atom stereocenters. The van der Waals surface area contributed by atoms with Crippen LogP contribution in [-0.2, 0) is 4.79 Å². The summed E-state index contributed by atoms with van der Waals surface area (Å²) in [6, 6.07) is 1.69. The summed E-state index contributed by atoms with van der Waals surface area (Å²) < 4.78 is 0. The van der Waals surface area contributed by atoms with Crippen molar-refractivity contribution in [3.63, 3.8) is 0 Å². The van der Waals surface area contributed by atoms with Gasteiger partial charge in [-0.3, -0.25) is 9.59 Å². The maximum Gasteiger partial charge on any atom is 0.303 e. The van der Waals surface area contributed by atoms with Gasteiger partial charge in [0.1, 0.15) is 0 Å². The summed E-state index contributed by atoms with van der Waals surface area (Å²) >= 11 is 0. The Bertz CT molecular complexity index is 460. The van der Waals surface area contributed by atoms with Gasteiger partial charge in [-0.15, -0.1) is 0 Å². The molecular weight excluding hydrogens is 234 g/mol. The molecule has 0 aliphatic rings. The smallest absolute Gasteiger partial charge is 0.303 e. The number of nitrogens with zero attached hydrogens (tertiary/aromatic N) is 3. The number of carbonyl (C=O) groups is 2. The molecule has 1 heterocycles. The van der Waals surface area contributed by atoms with Crippen LogP contribution in [-0.4, -0.2) is 45.7 Å². The van der Waals surface area contributed by atoms with Crippen molar-refractivity contribution < 1.29 is 14.7 Å². The minimum atomic E-state index is -0.853. The molecule has 0 fully saturated rings. The topological polar surface area (TPSA) is 83.4 Å². The van der Waals surface area contributed by atoms with Crippen molar-refractivity contribution in [2.24, 2.45) is 0 Å². The van der Waals surface area contributed by atoms with Gasteiger partial charge in [-0.2, -0.15) is 10.2 Å². The highest BCUT2D eigenvalue weighted by Crippen LogP contribution is 2.09. The maximum atomic E-state index is 12.1. The lowest BCUT2D eigenvalue weighted by molar-refractivity contribution is -0.137. The summed E-state index contributed by atoms with van der Waals surface area (Å²) in [5.74, 6) is -1.01. The molecule has 1 N–H and O–H groups in total. The standard InChI is InChI=1S/C12H17N3O3/c1-8-7-10(9(2)14-13-8)12(18)15(3)6-4-5-11(16)17/h7H,4-6H2,1-3H3,(H,16,17). The molecule has 0 aromatic carbocycles. The number of aryl methyl sites for hydroxylation is 2. The molecular formula is C12H17N3O3. The van der Waals surface area contributed by atoms with E-state index in [0.29, 0.717) is 29.9 Å². The molecule has 1 amide bonds. The predicted octanol–water partition coefficient (Wildman–Crippen LogP) is 1.03. The molecule has 6 nitrogen and oxygen atoms in total. The molecule has 0 spiro atoms. The second-order valence-electron chi connectivity index (χ2n) is 4.21. The van der Waals surface area contributed by atoms with Gasteiger partial charge in [0, 0.05) is 20.0 Å².